The number of hydrogen-bond donors (Lipinski definition) is 4. The smallest absolute Gasteiger partial charge is 0.256 e. The maximum atomic E-state index is 13.2. The number of benzene rings is 2. The van der Waals surface area contributed by atoms with Gasteiger partial charge in [-0.15, -0.1) is 0 Å². The van der Waals surface area contributed by atoms with E-state index in [0.29, 0.717) is 40.2 Å². The fourth-order valence-electron chi connectivity index (χ4n) is 5.57. The molecule has 2 aromatic carbocycles. The number of H-pyrrole nitrogens is 1. The molecule has 0 bridgehead atoms. The van der Waals surface area contributed by atoms with E-state index in [2.05, 4.69) is 25.8 Å². The molecular formula is C32H37N5O4. The molecule has 4 N–H and O–H groups in total. The van der Waals surface area contributed by atoms with Crippen molar-refractivity contribution in [1.82, 2.24) is 20.5 Å². The number of fused-ring (bicyclic) bond motifs is 1. The van der Waals surface area contributed by atoms with Crippen LogP contribution >= 0.6 is 0 Å². The number of aromatic nitrogens is 1. The third-order valence-electron chi connectivity index (χ3n) is 7.91. The second-order valence-corrected chi connectivity index (χ2v) is 10.7. The zero-order chi connectivity index (χ0) is 29.1. The van der Waals surface area contributed by atoms with Crippen molar-refractivity contribution in [3.05, 3.63) is 81.7 Å². The van der Waals surface area contributed by atoms with Gasteiger partial charge in [-0.1, -0.05) is 12.1 Å². The standard InChI is InChI=1S/C32H37N5O4/c1-19-28(34-21(3)29(19)32(40)33-12-15-37-13-5-6-14-37)18-26-25-17-23(10-11-27(25)36-31(26)39)30(38)35-20(2)22-8-7-9-24(16-22)41-4/h7-11,16-18,20,34H,5-6,12-15H2,1-4H3,(H,33,40)(H,35,38)(H,36,39)/b26-18-/t20-/m1/s1. The topological polar surface area (TPSA) is 116 Å². The number of carbonyl (C=O) groups is 3. The number of hydrogen-bond acceptors (Lipinski definition) is 5. The Morgan fingerprint density at radius 1 is 1.10 bits per heavy atom. The lowest BCUT2D eigenvalue weighted by Crippen LogP contribution is -2.33. The van der Waals surface area contributed by atoms with Gasteiger partial charge >= 0.3 is 0 Å². The first kappa shape index (κ1) is 28.2. The summed E-state index contributed by atoms with van der Waals surface area (Å²) in [6, 6.07) is 12.5. The van der Waals surface area contributed by atoms with Gasteiger partial charge in [-0.25, -0.2) is 0 Å². The van der Waals surface area contributed by atoms with Crippen LogP contribution in [0.15, 0.2) is 42.5 Å². The number of carbonyl (C=O) groups excluding carboxylic acids is 3. The maximum Gasteiger partial charge on any atom is 0.256 e. The molecule has 1 atom stereocenters. The minimum atomic E-state index is -0.259. The van der Waals surface area contributed by atoms with Crippen molar-refractivity contribution in [2.45, 2.75) is 39.7 Å². The quantitative estimate of drug-likeness (QED) is 0.291. The summed E-state index contributed by atoms with van der Waals surface area (Å²) in [6.45, 7) is 9.26. The largest absolute Gasteiger partial charge is 0.497 e. The number of rotatable bonds is 9. The van der Waals surface area contributed by atoms with E-state index in [1.807, 2.05) is 45.0 Å². The average Bonchev–Trinajstić information content (AvgIpc) is 3.66. The van der Waals surface area contributed by atoms with Gasteiger partial charge in [-0.3, -0.25) is 14.4 Å². The summed E-state index contributed by atoms with van der Waals surface area (Å²) < 4.78 is 5.30. The van der Waals surface area contributed by atoms with Gasteiger partial charge in [0.2, 0.25) is 0 Å². The van der Waals surface area contributed by atoms with Crippen molar-refractivity contribution in [1.29, 1.82) is 0 Å². The van der Waals surface area contributed by atoms with Crippen LogP contribution in [-0.4, -0.2) is 60.9 Å². The van der Waals surface area contributed by atoms with Crippen LogP contribution in [0.5, 0.6) is 5.75 Å². The number of nitrogens with zero attached hydrogens (tertiary/aromatic N) is 1. The van der Waals surface area contributed by atoms with Crippen molar-refractivity contribution in [3.63, 3.8) is 0 Å². The zero-order valence-electron chi connectivity index (χ0n) is 24.0. The molecule has 1 saturated heterocycles. The van der Waals surface area contributed by atoms with E-state index in [-0.39, 0.29) is 23.8 Å². The maximum absolute atomic E-state index is 13.2. The Balaban J connectivity index is 1.33. The van der Waals surface area contributed by atoms with Crippen LogP contribution < -0.4 is 20.7 Å². The second kappa shape index (κ2) is 12.0. The highest BCUT2D eigenvalue weighted by Crippen LogP contribution is 2.35. The van der Waals surface area contributed by atoms with Crippen LogP contribution in [0, 0.1) is 13.8 Å². The van der Waals surface area contributed by atoms with Crippen molar-refractivity contribution in [2.24, 2.45) is 0 Å². The Morgan fingerprint density at radius 2 is 1.88 bits per heavy atom. The fourth-order valence-corrected chi connectivity index (χ4v) is 5.57. The van der Waals surface area contributed by atoms with Crippen molar-refractivity contribution >= 4 is 35.1 Å². The average molecular weight is 556 g/mol. The Hall–Kier alpha value is -4.37. The van der Waals surface area contributed by atoms with Crippen LogP contribution in [0.1, 0.15) is 74.6 Å². The predicted molar refractivity (Wildman–Crippen MR) is 160 cm³/mol. The monoisotopic (exact) mass is 555 g/mol. The van der Waals surface area contributed by atoms with E-state index in [1.54, 1.807) is 31.4 Å². The van der Waals surface area contributed by atoms with Gasteiger partial charge in [-0.2, -0.15) is 0 Å². The summed E-state index contributed by atoms with van der Waals surface area (Å²) in [5, 5.41) is 8.95. The number of likely N-dealkylation sites (tertiary alicyclic amines) is 1. The summed E-state index contributed by atoms with van der Waals surface area (Å²) in [4.78, 5) is 44.8. The number of aryl methyl sites for hydroxylation is 1. The Bertz CT molecular complexity index is 1520. The van der Waals surface area contributed by atoms with E-state index in [1.165, 1.54) is 12.8 Å². The Morgan fingerprint density at radius 3 is 2.63 bits per heavy atom. The molecule has 1 aromatic heterocycles. The summed E-state index contributed by atoms with van der Waals surface area (Å²) in [7, 11) is 1.61. The number of nitrogens with one attached hydrogen (secondary N) is 4. The highest BCUT2D eigenvalue weighted by atomic mass is 16.5. The molecule has 5 rings (SSSR count). The van der Waals surface area contributed by atoms with Crippen LogP contribution in [0.25, 0.3) is 11.6 Å². The summed E-state index contributed by atoms with van der Waals surface area (Å²) in [5.74, 6) is 0.0886. The first-order valence-corrected chi connectivity index (χ1v) is 14.1. The molecule has 214 valence electrons. The fraction of sp³-hybridized carbons (Fsp3) is 0.344. The SMILES string of the molecule is COc1cccc([C@@H](C)NC(=O)c2ccc3c(c2)/C(=C/c2[nH]c(C)c(C(=O)NCCN4CCCC4)c2C)C(=O)N3)c1. The lowest BCUT2D eigenvalue weighted by molar-refractivity contribution is -0.110. The van der Waals surface area contributed by atoms with E-state index >= 15 is 0 Å². The highest BCUT2D eigenvalue weighted by Gasteiger charge is 2.27. The molecule has 9 heteroatoms. The van der Waals surface area contributed by atoms with Crippen LogP contribution in [0.3, 0.4) is 0 Å². The number of amides is 3. The molecule has 3 heterocycles. The third-order valence-corrected chi connectivity index (χ3v) is 7.91. The summed E-state index contributed by atoms with van der Waals surface area (Å²) in [5.41, 5.74) is 5.87. The minimum absolute atomic E-state index is 0.125. The molecule has 0 radical (unpaired) electrons. The molecule has 0 saturated carbocycles. The summed E-state index contributed by atoms with van der Waals surface area (Å²) >= 11 is 0. The van der Waals surface area contributed by atoms with Crippen molar-refractivity contribution in [2.75, 3.05) is 38.6 Å². The van der Waals surface area contributed by atoms with Crippen molar-refractivity contribution < 1.29 is 19.1 Å². The van der Waals surface area contributed by atoms with Crippen LogP contribution in [0.2, 0.25) is 0 Å². The van der Waals surface area contributed by atoms with E-state index in [9.17, 15) is 14.4 Å². The summed E-state index contributed by atoms with van der Waals surface area (Å²) in [6.07, 6.45) is 4.19. The third kappa shape index (κ3) is 6.05. The zero-order valence-corrected chi connectivity index (χ0v) is 24.0. The molecule has 2 aliphatic heterocycles. The molecule has 0 unspecified atom stereocenters. The molecule has 0 spiro atoms. The number of anilines is 1. The number of ether oxygens (including phenoxy) is 1. The van der Waals surface area contributed by atoms with Gasteiger partial charge in [0, 0.05) is 41.3 Å². The highest BCUT2D eigenvalue weighted by molar-refractivity contribution is 6.35. The van der Waals surface area contributed by atoms with Crippen LogP contribution in [-0.2, 0) is 4.79 Å². The lowest BCUT2D eigenvalue weighted by atomic mass is 10.0. The molecule has 1 fully saturated rings. The molecular weight excluding hydrogens is 518 g/mol. The van der Waals surface area contributed by atoms with E-state index in [4.69, 9.17) is 4.74 Å². The first-order chi connectivity index (χ1) is 19.7. The van der Waals surface area contributed by atoms with Gasteiger partial charge in [0.25, 0.3) is 17.7 Å². The molecule has 9 nitrogen and oxygen atoms in total. The molecule has 3 amide bonds. The van der Waals surface area contributed by atoms with E-state index < -0.39 is 0 Å². The van der Waals surface area contributed by atoms with Gasteiger partial charge in [0.1, 0.15) is 5.75 Å². The van der Waals surface area contributed by atoms with Crippen LogP contribution in [0.4, 0.5) is 5.69 Å². The normalized spacial score (nSPS) is 16.4. The number of methoxy groups -OCH3 is 1. The predicted octanol–water partition coefficient (Wildman–Crippen LogP) is 4.45. The van der Waals surface area contributed by atoms with Crippen molar-refractivity contribution in [3.8, 4) is 5.75 Å². The number of aromatic amines is 1. The van der Waals surface area contributed by atoms with Gasteiger partial charge < -0.3 is 30.6 Å². The Kier molecular flexibility index (Phi) is 8.26. The lowest BCUT2D eigenvalue weighted by Gasteiger charge is -2.15. The molecule has 3 aromatic rings. The molecule has 41 heavy (non-hydrogen) atoms. The van der Waals surface area contributed by atoms with Gasteiger partial charge in [-0.05, 0) is 94.2 Å². The van der Waals surface area contributed by atoms with E-state index in [0.717, 1.165) is 42.2 Å². The second-order valence-electron chi connectivity index (χ2n) is 10.7. The minimum Gasteiger partial charge on any atom is -0.497 e. The first-order valence-electron chi connectivity index (χ1n) is 14.1. The molecule has 0 aliphatic carbocycles. The Labute approximate surface area is 240 Å². The van der Waals surface area contributed by atoms with Gasteiger partial charge in [0.15, 0.2) is 0 Å². The van der Waals surface area contributed by atoms with Gasteiger partial charge in [0.05, 0.1) is 24.3 Å². The molecule has 2 aliphatic rings.